The van der Waals surface area contributed by atoms with Gasteiger partial charge in [0.25, 0.3) is 0 Å². The summed E-state index contributed by atoms with van der Waals surface area (Å²) in [5.74, 6) is 0.00956. The smallest absolute Gasteiger partial charge is 0.239 e. The highest BCUT2D eigenvalue weighted by molar-refractivity contribution is 6.31. The van der Waals surface area contributed by atoms with Crippen molar-refractivity contribution in [3.05, 3.63) is 28.8 Å². The molecule has 0 aliphatic rings. The van der Waals surface area contributed by atoms with Gasteiger partial charge in [0, 0.05) is 16.8 Å². The van der Waals surface area contributed by atoms with Crippen molar-refractivity contribution in [1.82, 2.24) is 5.32 Å². The number of hydrogen-bond donors (Lipinski definition) is 2. The summed E-state index contributed by atoms with van der Waals surface area (Å²) in [7, 11) is 0. The maximum Gasteiger partial charge on any atom is 0.239 e. The molecule has 0 aromatic heterocycles. The first kappa shape index (κ1) is 14.8. The molecular weight excluding hydrogens is 248 g/mol. The average molecular weight is 269 g/mol. The molecule has 1 aromatic carbocycles. The second-order valence-electron chi connectivity index (χ2n) is 4.52. The Bertz CT molecular complexity index is 407. The van der Waals surface area contributed by atoms with E-state index in [1.807, 2.05) is 32.0 Å². The largest absolute Gasteiger partial charge is 0.376 e. The summed E-state index contributed by atoms with van der Waals surface area (Å²) in [5, 5.41) is 6.76. The summed E-state index contributed by atoms with van der Waals surface area (Å²) in [6, 6.07) is 5.86. The molecule has 0 heterocycles. The van der Waals surface area contributed by atoms with E-state index < -0.39 is 0 Å². The van der Waals surface area contributed by atoms with E-state index in [1.54, 1.807) is 0 Å². The van der Waals surface area contributed by atoms with Gasteiger partial charge in [-0.25, -0.2) is 0 Å². The molecule has 1 rings (SSSR count). The lowest BCUT2D eigenvalue weighted by Crippen LogP contribution is -2.36. The van der Waals surface area contributed by atoms with Crippen LogP contribution in [0, 0.1) is 6.92 Å². The molecule has 1 aromatic rings. The van der Waals surface area contributed by atoms with Gasteiger partial charge < -0.3 is 10.6 Å². The van der Waals surface area contributed by atoms with Crippen molar-refractivity contribution in [3.63, 3.8) is 0 Å². The lowest BCUT2D eigenvalue weighted by Gasteiger charge is -2.14. The van der Waals surface area contributed by atoms with Crippen molar-refractivity contribution >= 4 is 23.2 Å². The van der Waals surface area contributed by atoms with Gasteiger partial charge in [0.2, 0.25) is 5.91 Å². The Morgan fingerprint density at radius 2 is 2.17 bits per heavy atom. The molecule has 3 nitrogen and oxygen atoms in total. The number of amides is 1. The Labute approximate surface area is 114 Å². The van der Waals surface area contributed by atoms with Gasteiger partial charge in [-0.15, -0.1) is 0 Å². The summed E-state index contributed by atoms with van der Waals surface area (Å²) in [5.41, 5.74) is 1.87. The molecule has 18 heavy (non-hydrogen) atoms. The third-order valence-electron chi connectivity index (χ3n) is 2.84. The lowest BCUT2D eigenvalue weighted by atomic mass is 10.2. The summed E-state index contributed by atoms with van der Waals surface area (Å²) < 4.78 is 0. The van der Waals surface area contributed by atoms with Crippen LogP contribution in [0.15, 0.2) is 18.2 Å². The standard InChI is InChI=1S/C14H21ClN2O/c1-4-6-10(2)17-14(18)9-16-13-8-5-7-12(15)11(13)3/h5,7-8,10,16H,4,6,9H2,1-3H3,(H,17,18). The minimum absolute atomic E-state index is 0.00956. The molecule has 0 aliphatic heterocycles. The van der Waals surface area contributed by atoms with E-state index in [-0.39, 0.29) is 18.5 Å². The molecule has 2 N–H and O–H groups in total. The first-order chi connectivity index (χ1) is 8.54. The summed E-state index contributed by atoms with van der Waals surface area (Å²) in [6.07, 6.45) is 2.07. The minimum atomic E-state index is 0.00956. The van der Waals surface area contributed by atoms with Crippen LogP contribution in [-0.4, -0.2) is 18.5 Å². The second kappa shape index (κ2) is 7.27. The zero-order valence-electron chi connectivity index (χ0n) is 11.2. The molecule has 0 radical (unpaired) electrons. The Morgan fingerprint density at radius 3 is 2.83 bits per heavy atom. The van der Waals surface area contributed by atoms with Gasteiger partial charge in [0.15, 0.2) is 0 Å². The summed E-state index contributed by atoms with van der Waals surface area (Å²) in [4.78, 5) is 11.7. The SMILES string of the molecule is CCCC(C)NC(=O)CNc1cccc(Cl)c1C. The van der Waals surface area contributed by atoms with Crippen LogP contribution in [0.3, 0.4) is 0 Å². The second-order valence-corrected chi connectivity index (χ2v) is 4.93. The zero-order chi connectivity index (χ0) is 13.5. The van der Waals surface area contributed by atoms with Crippen LogP contribution in [0.25, 0.3) is 0 Å². The fourth-order valence-electron chi connectivity index (χ4n) is 1.81. The topological polar surface area (TPSA) is 41.1 Å². The molecular formula is C14H21ClN2O. The Balaban J connectivity index is 2.45. The first-order valence-electron chi connectivity index (χ1n) is 6.33. The third kappa shape index (κ3) is 4.57. The number of rotatable bonds is 6. The molecule has 1 unspecified atom stereocenters. The van der Waals surface area contributed by atoms with Gasteiger partial charge in [-0.05, 0) is 38.0 Å². The quantitative estimate of drug-likeness (QED) is 0.831. The molecule has 0 saturated heterocycles. The van der Waals surface area contributed by atoms with Gasteiger partial charge in [-0.1, -0.05) is 31.0 Å². The number of halogens is 1. The molecule has 0 fully saturated rings. The van der Waals surface area contributed by atoms with Crippen LogP contribution >= 0.6 is 11.6 Å². The first-order valence-corrected chi connectivity index (χ1v) is 6.70. The maximum absolute atomic E-state index is 11.7. The summed E-state index contributed by atoms with van der Waals surface area (Å²) >= 11 is 6.01. The molecule has 100 valence electrons. The van der Waals surface area contributed by atoms with Crippen LogP contribution in [0.4, 0.5) is 5.69 Å². The molecule has 0 bridgehead atoms. The maximum atomic E-state index is 11.7. The number of benzene rings is 1. The van der Waals surface area contributed by atoms with Crippen molar-refractivity contribution in [2.45, 2.75) is 39.7 Å². The van der Waals surface area contributed by atoms with Crippen LogP contribution in [0.5, 0.6) is 0 Å². The molecule has 0 saturated carbocycles. The van der Waals surface area contributed by atoms with E-state index in [0.29, 0.717) is 5.02 Å². The highest BCUT2D eigenvalue weighted by atomic mass is 35.5. The summed E-state index contributed by atoms with van der Waals surface area (Å²) in [6.45, 7) is 6.33. The fraction of sp³-hybridized carbons (Fsp3) is 0.500. The Kier molecular flexibility index (Phi) is 5.99. The lowest BCUT2D eigenvalue weighted by molar-refractivity contribution is -0.120. The van der Waals surface area contributed by atoms with Crippen LogP contribution in [0.1, 0.15) is 32.3 Å². The van der Waals surface area contributed by atoms with E-state index in [0.717, 1.165) is 24.1 Å². The fourth-order valence-corrected chi connectivity index (χ4v) is 1.98. The van der Waals surface area contributed by atoms with Crippen LogP contribution < -0.4 is 10.6 Å². The van der Waals surface area contributed by atoms with Crippen molar-refractivity contribution in [1.29, 1.82) is 0 Å². The number of hydrogen-bond acceptors (Lipinski definition) is 2. The Morgan fingerprint density at radius 1 is 1.44 bits per heavy atom. The van der Waals surface area contributed by atoms with Crippen molar-refractivity contribution in [2.24, 2.45) is 0 Å². The zero-order valence-corrected chi connectivity index (χ0v) is 12.0. The van der Waals surface area contributed by atoms with E-state index in [1.165, 1.54) is 0 Å². The van der Waals surface area contributed by atoms with Gasteiger partial charge in [-0.3, -0.25) is 4.79 Å². The number of carbonyl (C=O) groups excluding carboxylic acids is 1. The normalized spacial score (nSPS) is 12.0. The van der Waals surface area contributed by atoms with Crippen LogP contribution in [-0.2, 0) is 4.79 Å². The number of carbonyl (C=O) groups is 1. The van der Waals surface area contributed by atoms with E-state index in [9.17, 15) is 4.79 Å². The molecule has 1 atom stereocenters. The highest BCUT2D eigenvalue weighted by Gasteiger charge is 2.07. The van der Waals surface area contributed by atoms with Gasteiger partial charge in [0.1, 0.15) is 0 Å². The van der Waals surface area contributed by atoms with Gasteiger partial charge in [0.05, 0.1) is 6.54 Å². The number of anilines is 1. The minimum Gasteiger partial charge on any atom is -0.376 e. The number of nitrogens with one attached hydrogen (secondary N) is 2. The molecule has 1 amide bonds. The third-order valence-corrected chi connectivity index (χ3v) is 3.25. The predicted molar refractivity (Wildman–Crippen MR) is 77.2 cm³/mol. The molecule has 0 spiro atoms. The van der Waals surface area contributed by atoms with E-state index in [2.05, 4.69) is 17.6 Å². The van der Waals surface area contributed by atoms with Crippen molar-refractivity contribution in [3.8, 4) is 0 Å². The van der Waals surface area contributed by atoms with E-state index in [4.69, 9.17) is 11.6 Å². The van der Waals surface area contributed by atoms with Crippen molar-refractivity contribution < 1.29 is 4.79 Å². The van der Waals surface area contributed by atoms with Crippen molar-refractivity contribution in [2.75, 3.05) is 11.9 Å². The average Bonchev–Trinajstić information content (AvgIpc) is 2.31. The highest BCUT2D eigenvalue weighted by Crippen LogP contribution is 2.22. The predicted octanol–water partition coefficient (Wildman–Crippen LogP) is 3.37. The van der Waals surface area contributed by atoms with Gasteiger partial charge in [-0.2, -0.15) is 0 Å². The monoisotopic (exact) mass is 268 g/mol. The molecule has 0 aliphatic carbocycles. The molecule has 4 heteroatoms. The van der Waals surface area contributed by atoms with Crippen LogP contribution in [0.2, 0.25) is 5.02 Å². The Hall–Kier alpha value is -1.22. The van der Waals surface area contributed by atoms with E-state index >= 15 is 0 Å². The van der Waals surface area contributed by atoms with Gasteiger partial charge >= 0.3 is 0 Å².